The molecular weight excluding hydrogens is 595 g/mol. The molecule has 6 aromatic carbocycles. The Hall–Kier alpha value is -5.02. The zero-order chi connectivity index (χ0) is 35.3. The Balaban J connectivity index is 0.00000230. The lowest BCUT2D eigenvalue weighted by molar-refractivity contribution is 0.547. The molecule has 49 heavy (non-hydrogen) atoms. The summed E-state index contributed by atoms with van der Waals surface area (Å²) in [6.07, 6.45) is 1.91. The molecule has 0 aromatic heterocycles. The van der Waals surface area contributed by atoms with Crippen molar-refractivity contribution in [2.45, 2.75) is 79.3 Å². The van der Waals surface area contributed by atoms with Gasteiger partial charge in [0.25, 0.3) is 0 Å². The van der Waals surface area contributed by atoms with Crippen molar-refractivity contribution < 1.29 is 0 Å². The summed E-state index contributed by atoms with van der Waals surface area (Å²) in [5.41, 5.74) is 8.22. The Morgan fingerprint density at radius 2 is 1.14 bits per heavy atom. The third-order valence-electron chi connectivity index (χ3n) is 9.81. The second-order valence-corrected chi connectivity index (χ2v) is 13.8. The van der Waals surface area contributed by atoms with E-state index >= 15 is 0 Å². The maximum absolute atomic E-state index is 4.71. The summed E-state index contributed by atoms with van der Waals surface area (Å²) in [4.78, 5) is 0. The summed E-state index contributed by atoms with van der Waals surface area (Å²) < 4.78 is 0. The predicted octanol–water partition coefficient (Wildman–Crippen LogP) is 13.5. The van der Waals surface area contributed by atoms with Crippen LogP contribution in [0.25, 0.3) is 43.6 Å². The van der Waals surface area contributed by atoms with Crippen LogP contribution in [0.1, 0.15) is 78.0 Å². The maximum atomic E-state index is 4.71. The second kappa shape index (κ2) is 14.6. The molecule has 0 saturated carbocycles. The van der Waals surface area contributed by atoms with Gasteiger partial charge in [-0.1, -0.05) is 108 Å². The fourth-order valence-electron chi connectivity index (χ4n) is 6.48. The number of hydrogen-bond acceptors (Lipinski definition) is 3. The number of rotatable bonds is 11. The minimum atomic E-state index is -0.360. The van der Waals surface area contributed by atoms with E-state index in [1.807, 2.05) is 13.8 Å². The van der Waals surface area contributed by atoms with Gasteiger partial charge >= 0.3 is 0 Å². The Bertz CT molecular complexity index is 2140. The number of fused-ring (bicyclic) bond motifs is 3. The van der Waals surface area contributed by atoms with Crippen molar-refractivity contribution in [3.8, 4) is 0 Å². The molecule has 0 aliphatic heterocycles. The fraction of sp³-hybridized carbons (Fsp3) is 0.261. The highest BCUT2D eigenvalue weighted by atomic mass is 15.0. The van der Waals surface area contributed by atoms with E-state index < -0.39 is 0 Å². The van der Waals surface area contributed by atoms with Crippen LogP contribution < -0.4 is 16.0 Å². The summed E-state index contributed by atoms with van der Waals surface area (Å²) in [6, 6.07) is 39.3. The maximum Gasteiger partial charge on any atom is 0.0594 e. The van der Waals surface area contributed by atoms with Crippen molar-refractivity contribution in [2.75, 3.05) is 16.0 Å². The van der Waals surface area contributed by atoms with Crippen molar-refractivity contribution in [2.24, 2.45) is 0 Å². The van der Waals surface area contributed by atoms with Crippen LogP contribution in [0.5, 0.6) is 0 Å². The van der Waals surface area contributed by atoms with Gasteiger partial charge in [0, 0.05) is 33.9 Å². The van der Waals surface area contributed by atoms with Crippen LogP contribution in [0.15, 0.2) is 122 Å². The summed E-state index contributed by atoms with van der Waals surface area (Å²) in [5.74, 6) is 0. The van der Waals surface area contributed by atoms with Crippen molar-refractivity contribution in [1.29, 1.82) is 0 Å². The van der Waals surface area contributed by atoms with Gasteiger partial charge in [-0.25, -0.2) is 0 Å². The first-order valence-electron chi connectivity index (χ1n) is 17.8. The molecule has 0 amide bonds. The molecule has 3 heteroatoms. The van der Waals surface area contributed by atoms with Gasteiger partial charge in [0.1, 0.15) is 0 Å². The van der Waals surface area contributed by atoms with Crippen LogP contribution in [-0.2, 0) is 0 Å². The Kier molecular flexibility index (Phi) is 10.5. The smallest absolute Gasteiger partial charge is 0.0594 e. The lowest BCUT2D eigenvalue weighted by Crippen LogP contribution is -2.35. The third kappa shape index (κ3) is 7.67. The largest absolute Gasteiger partial charge is 0.380 e. The molecule has 6 rings (SSSR count). The van der Waals surface area contributed by atoms with Gasteiger partial charge in [-0.05, 0) is 132 Å². The van der Waals surface area contributed by atoms with E-state index in [1.165, 1.54) is 32.5 Å². The molecule has 0 saturated heterocycles. The molecule has 0 aliphatic rings. The number of nitrogens with one attached hydrogen (secondary N) is 3. The Morgan fingerprint density at radius 3 is 1.80 bits per heavy atom. The molecule has 1 unspecified atom stereocenters. The summed E-state index contributed by atoms with van der Waals surface area (Å²) in [7, 11) is 0. The molecule has 0 radical (unpaired) electrons. The van der Waals surface area contributed by atoms with Gasteiger partial charge in [0.15, 0.2) is 0 Å². The number of aryl methyl sites for hydroxylation is 1. The standard InChI is InChI=1S/C44H47N3.C2H6/c1-9-43(6,7)46-38-24-29(3)23-37(28-38)45-31(5)40-22-21-39(41-17-13-14-18-42(40)41)30(4)44(8,10-2)47-36-20-19-34-25-32-15-11-12-16-33(32)26-35(34)27-36;1-2/h11-28,45-47H,4-5,9-10H2,1-3,6-8H3;1-2H3. The normalized spacial score (nSPS) is 12.6. The SMILES string of the molecule is C=C(Nc1cc(C)cc(NC(C)(C)CC)c1)c1ccc(C(=C)C(C)(CC)Nc2ccc3cc4ccccc4cc3c2)c2ccccc12.CC. The summed E-state index contributed by atoms with van der Waals surface area (Å²) >= 11 is 0. The third-order valence-corrected chi connectivity index (χ3v) is 9.81. The molecule has 0 fully saturated rings. The molecule has 0 bridgehead atoms. The minimum Gasteiger partial charge on any atom is -0.380 e. The molecule has 0 spiro atoms. The summed E-state index contributed by atoms with van der Waals surface area (Å²) in [5, 5.41) is 18.5. The highest BCUT2D eigenvalue weighted by molar-refractivity contribution is 6.03. The second-order valence-electron chi connectivity index (χ2n) is 13.8. The van der Waals surface area contributed by atoms with Gasteiger partial charge in [-0.3, -0.25) is 0 Å². The topological polar surface area (TPSA) is 36.1 Å². The van der Waals surface area contributed by atoms with Crippen molar-refractivity contribution in [1.82, 2.24) is 0 Å². The Labute approximate surface area is 294 Å². The number of benzene rings is 6. The van der Waals surface area contributed by atoms with Crippen molar-refractivity contribution in [3.05, 3.63) is 139 Å². The summed E-state index contributed by atoms with van der Waals surface area (Å²) in [6.45, 7) is 26.5. The zero-order valence-corrected chi connectivity index (χ0v) is 30.7. The van der Waals surface area contributed by atoms with Crippen LogP contribution in [-0.4, -0.2) is 11.1 Å². The van der Waals surface area contributed by atoms with Gasteiger partial charge < -0.3 is 16.0 Å². The first-order chi connectivity index (χ1) is 23.5. The van der Waals surface area contributed by atoms with Crippen LogP contribution in [0, 0.1) is 6.92 Å². The van der Waals surface area contributed by atoms with Crippen LogP contribution in [0.4, 0.5) is 17.1 Å². The fourth-order valence-corrected chi connectivity index (χ4v) is 6.48. The molecule has 6 aromatic rings. The van der Waals surface area contributed by atoms with Crippen LogP contribution in [0.2, 0.25) is 0 Å². The zero-order valence-electron chi connectivity index (χ0n) is 30.7. The monoisotopic (exact) mass is 647 g/mol. The predicted molar refractivity (Wildman–Crippen MR) is 220 cm³/mol. The quantitative estimate of drug-likeness (QED) is 0.122. The van der Waals surface area contributed by atoms with E-state index in [0.29, 0.717) is 0 Å². The van der Waals surface area contributed by atoms with Gasteiger partial charge in [-0.15, -0.1) is 0 Å². The van der Waals surface area contributed by atoms with Crippen LogP contribution in [0.3, 0.4) is 0 Å². The number of hydrogen-bond donors (Lipinski definition) is 3. The highest BCUT2D eigenvalue weighted by Gasteiger charge is 2.28. The molecular formula is C46H53N3. The molecule has 0 heterocycles. The van der Waals surface area contributed by atoms with E-state index in [0.717, 1.165) is 57.7 Å². The van der Waals surface area contributed by atoms with E-state index in [-0.39, 0.29) is 11.1 Å². The minimum absolute atomic E-state index is 0.0154. The lowest BCUT2D eigenvalue weighted by atomic mass is 9.82. The van der Waals surface area contributed by atoms with E-state index in [4.69, 9.17) is 6.58 Å². The first-order valence-corrected chi connectivity index (χ1v) is 17.8. The Morgan fingerprint density at radius 1 is 0.571 bits per heavy atom. The average Bonchev–Trinajstić information content (AvgIpc) is 3.10. The van der Waals surface area contributed by atoms with Gasteiger partial charge in [0.2, 0.25) is 0 Å². The van der Waals surface area contributed by atoms with Crippen LogP contribution >= 0.6 is 0 Å². The van der Waals surface area contributed by atoms with Crippen molar-refractivity contribution >= 4 is 60.6 Å². The van der Waals surface area contributed by atoms with Gasteiger partial charge in [-0.2, -0.15) is 0 Å². The molecule has 3 N–H and O–H groups in total. The molecule has 0 aliphatic carbocycles. The molecule has 3 nitrogen and oxygen atoms in total. The first kappa shape index (κ1) is 35.3. The van der Waals surface area contributed by atoms with Gasteiger partial charge in [0.05, 0.1) is 5.54 Å². The van der Waals surface area contributed by atoms with E-state index in [1.54, 1.807) is 0 Å². The number of anilines is 3. The lowest BCUT2D eigenvalue weighted by Gasteiger charge is -2.34. The van der Waals surface area contributed by atoms with E-state index in [9.17, 15) is 0 Å². The van der Waals surface area contributed by atoms with E-state index in [2.05, 4.69) is 173 Å². The van der Waals surface area contributed by atoms with Crippen molar-refractivity contribution in [3.63, 3.8) is 0 Å². The average molecular weight is 648 g/mol. The molecule has 252 valence electrons. The highest BCUT2D eigenvalue weighted by Crippen LogP contribution is 2.39. The molecule has 1 atom stereocenters.